The number of aryl methyl sites for hydroxylation is 2. The van der Waals surface area contributed by atoms with Crippen LogP contribution in [0.4, 0.5) is 0 Å². The van der Waals surface area contributed by atoms with Gasteiger partial charge in [0.05, 0.1) is 24.6 Å². The molecule has 0 N–H and O–H groups in total. The van der Waals surface area contributed by atoms with Crippen LogP contribution < -0.4 is 18.9 Å². The van der Waals surface area contributed by atoms with Crippen LogP contribution in [-0.2, 0) is 19.1 Å². The Balaban J connectivity index is 0.000000290. The molecule has 0 aliphatic heterocycles. The molecule has 0 spiro atoms. The molecule has 0 aliphatic carbocycles. The number of carbonyl (C=O) groups excluding carboxylic acids is 2. The first kappa shape index (κ1) is 44.2. The minimum Gasteiger partial charge on any atom is -0.484 e. The van der Waals surface area contributed by atoms with E-state index in [2.05, 4.69) is 55.7 Å². The fraction of sp³-hybridized carbons (Fsp3) is 0.429. The number of ether oxygens (including phenoxy) is 6. The van der Waals surface area contributed by atoms with Gasteiger partial charge in [0.15, 0.2) is 13.2 Å². The smallest absolute Gasteiger partial charge is 0.344 e. The first-order valence-electron chi connectivity index (χ1n) is 18.4. The van der Waals surface area contributed by atoms with Crippen LogP contribution in [0.1, 0.15) is 101 Å². The largest absolute Gasteiger partial charge is 0.484 e. The van der Waals surface area contributed by atoms with E-state index < -0.39 is 0 Å². The van der Waals surface area contributed by atoms with Crippen LogP contribution in [0.15, 0.2) is 82.0 Å². The molecule has 0 bridgehead atoms. The predicted molar refractivity (Wildman–Crippen MR) is 216 cm³/mol. The first-order valence-corrected chi connectivity index (χ1v) is 20.0. The topological polar surface area (TPSA) is 115 Å². The molecule has 0 fully saturated rings. The standard InChI is InChI=1S/2C21H26BrNO4/c2*1-4-6-9-19(17-8-7-10-20(22)23-17)27-16-11-12-18(15(3)13-16)26-14-21(24)25-5-2/h2*7-8,10-13,19H,4-6,9,14H2,1-3H3/t19-;/m0./s1. The number of benzene rings is 2. The summed E-state index contributed by atoms with van der Waals surface area (Å²) in [5, 5.41) is 0. The summed E-state index contributed by atoms with van der Waals surface area (Å²) in [6, 6.07) is 22.9. The lowest BCUT2D eigenvalue weighted by Crippen LogP contribution is -2.15. The van der Waals surface area contributed by atoms with Crippen molar-refractivity contribution in [2.75, 3.05) is 26.4 Å². The van der Waals surface area contributed by atoms with Gasteiger partial charge in [0.2, 0.25) is 0 Å². The third-order valence-corrected chi connectivity index (χ3v) is 8.81. The molecule has 54 heavy (non-hydrogen) atoms. The van der Waals surface area contributed by atoms with Crippen LogP contribution in [-0.4, -0.2) is 48.3 Å². The van der Waals surface area contributed by atoms with Crippen LogP contribution in [0.2, 0.25) is 0 Å². The van der Waals surface area contributed by atoms with Crippen molar-refractivity contribution in [1.29, 1.82) is 0 Å². The third-order valence-electron chi connectivity index (χ3n) is 7.92. The molecular weight excluding hydrogens is 820 g/mol. The van der Waals surface area contributed by atoms with E-state index in [1.165, 1.54) is 0 Å². The van der Waals surface area contributed by atoms with Gasteiger partial charge < -0.3 is 28.4 Å². The highest BCUT2D eigenvalue weighted by Crippen LogP contribution is 2.31. The highest BCUT2D eigenvalue weighted by Gasteiger charge is 2.18. The molecule has 0 aliphatic rings. The summed E-state index contributed by atoms with van der Waals surface area (Å²) < 4.78 is 34.9. The summed E-state index contributed by atoms with van der Waals surface area (Å²) in [5.41, 5.74) is 3.60. The van der Waals surface area contributed by atoms with Gasteiger partial charge in [-0.05, 0) is 157 Å². The Labute approximate surface area is 336 Å². The highest BCUT2D eigenvalue weighted by atomic mass is 79.9. The molecule has 2 atom stereocenters. The summed E-state index contributed by atoms with van der Waals surface area (Å²) in [6.45, 7) is 12.2. The minimum atomic E-state index is -0.377. The van der Waals surface area contributed by atoms with E-state index in [0.29, 0.717) is 24.7 Å². The molecule has 12 heteroatoms. The Morgan fingerprint density at radius 3 is 1.35 bits per heavy atom. The monoisotopic (exact) mass is 870 g/mol. The maximum Gasteiger partial charge on any atom is 0.344 e. The minimum absolute atomic E-state index is 0.101. The van der Waals surface area contributed by atoms with Crippen molar-refractivity contribution in [2.24, 2.45) is 0 Å². The summed E-state index contributed by atoms with van der Waals surface area (Å²) in [5.74, 6) is 2.02. The number of pyridine rings is 2. The number of hydrogen-bond acceptors (Lipinski definition) is 10. The Hall–Kier alpha value is -4.16. The van der Waals surface area contributed by atoms with Crippen molar-refractivity contribution in [3.8, 4) is 23.0 Å². The van der Waals surface area contributed by atoms with Crippen LogP contribution in [0, 0.1) is 13.8 Å². The molecule has 0 amide bonds. The number of halogens is 2. The SMILES string of the molecule is CCCCC(Oc1ccc(OCC(=O)OCC)c(C)c1)c1cccc(Br)n1.CCCC[C@H](Oc1ccc(OCC(=O)OCC)c(C)c1)c1cccc(Br)n1. The molecule has 1 unspecified atom stereocenters. The molecule has 0 radical (unpaired) electrons. The maximum atomic E-state index is 11.4. The van der Waals surface area contributed by atoms with Crippen molar-refractivity contribution in [2.45, 2.75) is 92.3 Å². The lowest BCUT2D eigenvalue weighted by atomic mass is 10.1. The van der Waals surface area contributed by atoms with Crippen LogP contribution in [0.3, 0.4) is 0 Å². The van der Waals surface area contributed by atoms with Gasteiger partial charge in [-0.25, -0.2) is 19.6 Å². The summed E-state index contributed by atoms with van der Waals surface area (Å²) in [4.78, 5) is 32.0. The van der Waals surface area contributed by atoms with Crippen LogP contribution in [0.25, 0.3) is 0 Å². The summed E-state index contributed by atoms with van der Waals surface area (Å²) >= 11 is 6.85. The van der Waals surface area contributed by atoms with Crippen molar-refractivity contribution in [1.82, 2.24) is 9.97 Å². The average molecular weight is 873 g/mol. The van der Waals surface area contributed by atoms with E-state index in [0.717, 1.165) is 81.7 Å². The first-order chi connectivity index (χ1) is 26.1. The quantitative estimate of drug-likeness (QED) is 0.0628. The van der Waals surface area contributed by atoms with E-state index in [4.69, 9.17) is 28.4 Å². The van der Waals surface area contributed by atoms with Gasteiger partial charge in [0, 0.05) is 0 Å². The lowest BCUT2D eigenvalue weighted by molar-refractivity contribution is -0.146. The maximum absolute atomic E-state index is 11.4. The van der Waals surface area contributed by atoms with E-state index in [9.17, 15) is 9.59 Å². The van der Waals surface area contributed by atoms with Gasteiger partial charge in [0.25, 0.3) is 0 Å². The van der Waals surface area contributed by atoms with E-state index >= 15 is 0 Å². The van der Waals surface area contributed by atoms with Gasteiger partial charge in [-0.1, -0.05) is 38.8 Å². The molecule has 0 saturated heterocycles. The number of aromatic nitrogens is 2. The van der Waals surface area contributed by atoms with Gasteiger partial charge >= 0.3 is 11.9 Å². The fourth-order valence-electron chi connectivity index (χ4n) is 5.24. The number of hydrogen-bond donors (Lipinski definition) is 0. The van der Waals surface area contributed by atoms with E-state index in [1.54, 1.807) is 13.8 Å². The number of esters is 2. The number of rotatable bonds is 20. The molecule has 4 rings (SSSR count). The van der Waals surface area contributed by atoms with Crippen LogP contribution in [0.5, 0.6) is 23.0 Å². The normalized spacial score (nSPS) is 11.7. The molecule has 0 saturated carbocycles. The number of carbonyl (C=O) groups is 2. The highest BCUT2D eigenvalue weighted by molar-refractivity contribution is 9.10. The van der Waals surface area contributed by atoms with E-state index in [-0.39, 0.29) is 37.4 Å². The molecule has 4 aromatic rings. The second kappa shape index (κ2) is 24.3. The summed E-state index contributed by atoms with van der Waals surface area (Å²) in [7, 11) is 0. The zero-order valence-corrected chi connectivity index (χ0v) is 35.2. The predicted octanol–water partition coefficient (Wildman–Crippen LogP) is 10.8. The van der Waals surface area contributed by atoms with Crippen molar-refractivity contribution >= 4 is 43.8 Å². The molecule has 292 valence electrons. The molecule has 2 aromatic heterocycles. The van der Waals surface area contributed by atoms with E-state index in [1.807, 2.05) is 86.6 Å². The van der Waals surface area contributed by atoms with Crippen LogP contribution >= 0.6 is 31.9 Å². The number of unbranched alkanes of at least 4 members (excludes halogenated alkanes) is 2. The van der Waals surface area contributed by atoms with Gasteiger partial charge in [-0.2, -0.15) is 0 Å². The van der Waals surface area contributed by atoms with Crippen molar-refractivity contribution in [3.05, 3.63) is 105 Å². The van der Waals surface area contributed by atoms with Gasteiger partial charge in [-0.3, -0.25) is 0 Å². The Bertz CT molecular complexity index is 1630. The van der Waals surface area contributed by atoms with Gasteiger partial charge in [0.1, 0.15) is 44.4 Å². The second-order valence-corrected chi connectivity index (χ2v) is 13.9. The molecule has 2 aromatic carbocycles. The number of nitrogens with zero attached hydrogens (tertiary/aromatic N) is 2. The summed E-state index contributed by atoms with van der Waals surface area (Å²) in [6.07, 6.45) is 5.83. The third kappa shape index (κ3) is 15.7. The van der Waals surface area contributed by atoms with Gasteiger partial charge in [-0.15, -0.1) is 0 Å². The molecule has 10 nitrogen and oxygen atoms in total. The Kier molecular flexibility index (Phi) is 19.9. The second-order valence-electron chi connectivity index (χ2n) is 12.3. The average Bonchev–Trinajstić information content (AvgIpc) is 3.15. The lowest BCUT2D eigenvalue weighted by Gasteiger charge is -2.20. The Morgan fingerprint density at radius 2 is 1.02 bits per heavy atom. The molecular formula is C42H52Br2N2O8. The fourth-order valence-corrected chi connectivity index (χ4v) is 5.96. The zero-order valence-electron chi connectivity index (χ0n) is 32.1. The zero-order chi connectivity index (χ0) is 39.3. The van der Waals surface area contributed by atoms with Crippen molar-refractivity contribution in [3.63, 3.8) is 0 Å². The molecule has 2 heterocycles. The van der Waals surface area contributed by atoms with Crippen molar-refractivity contribution < 1.29 is 38.0 Å². The Morgan fingerprint density at radius 1 is 0.611 bits per heavy atom.